The number of carbonyl (C=O) groups excluding carboxylic acids is 1. The van der Waals surface area contributed by atoms with Crippen molar-refractivity contribution in [2.75, 3.05) is 19.1 Å². The minimum Gasteiger partial charge on any atom is -0.359 e. The molecular weight excluding hydrogens is 377 g/mol. The number of anilines is 1. The Kier molecular flexibility index (Phi) is 5.26. The SMILES string of the molecule is COC1[C@@H](NC(=O)c2n[nH]c(Cc3ccc(F)cc3)n2)CCn2nccc2N1C. The molecule has 1 aliphatic rings. The van der Waals surface area contributed by atoms with Crippen molar-refractivity contribution >= 4 is 11.7 Å². The molecule has 2 N–H and O–H groups in total. The molecule has 0 aliphatic carbocycles. The molecular formula is C19H22FN7O2. The van der Waals surface area contributed by atoms with Crippen LogP contribution in [0.5, 0.6) is 0 Å². The van der Waals surface area contributed by atoms with E-state index < -0.39 is 0 Å². The lowest BCUT2D eigenvalue weighted by atomic mass is 10.1. The summed E-state index contributed by atoms with van der Waals surface area (Å²) in [6.45, 7) is 0.654. The molecule has 29 heavy (non-hydrogen) atoms. The number of carbonyl (C=O) groups is 1. The van der Waals surface area contributed by atoms with Gasteiger partial charge in [0.1, 0.15) is 17.5 Å². The summed E-state index contributed by atoms with van der Waals surface area (Å²) in [6, 6.07) is 7.76. The molecule has 0 saturated heterocycles. The van der Waals surface area contributed by atoms with Crippen LogP contribution in [0.4, 0.5) is 10.2 Å². The van der Waals surface area contributed by atoms with Crippen molar-refractivity contribution < 1.29 is 13.9 Å². The molecule has 3 aromatic rings. The predicted molar refractivity (Wildman–Crippen MR) is 103 cm³/mol. The van der Waals surface area contributed by atoms with Gasteiger partial charge in [0.05, 0.1) is 12.2 Å². The highest BCUT2D eigenvalue weighted by molar-refractivity contribution is 5.90. The van der Waals surface area contributed by atoms with Crippen molar-refractivity contribution in [3.8, 4) is 0 Å². The van der Waals surface area contributed by atoms with E-state index in [4.69, 9.17) is 4.74 Å². The number of ether oxygens (including phenoxy) is 1. The molecule has 0 spiro atoms. The van der Waals surface area contributed by atoms with Crippen molar-refractivity contribution in [3.63, 3.8) is 0 Å². The van der Waals surface area contributed by atoms with Crippen LogP contribution >= 0.6 is 0 Å². The van der Waals surface area contributed by atoms with E-state index in [-0.39, 0.29) is 29.8 Å². The summed E-state index contributed by atoms with van der Waals surface area (Å²) in [6.07, 6.45) is 2.47. The summed E-state index contributed by atoms with van der Waals surface area (Å²) in [7, 11) is 3.51. The first-order valence-electron chi connectivity index (χ1n) is 9.29. The van der Waals surface area contributed by atoms with Gasteiger partial charge in [-0.3, -0.25) is 9.89 Å². The number of aryl methyl sites for hydroxylation is 1. The maximum atomic E-state index is 13.0. The number of aromatic nitrogens is 5. The molecule has 0 bridgehead atoms. The third-order valence-electron chi connectivity index (χ3n) is 5.01. The van der Waals surface area contributed by atoms with Gasteiger partial charge in [0, 0.05) is 33.2 Å². The van der Waals surface area contributed by atoms with Gasteiger partial charge in [-0.05, 0) is 24.1 Å². The minimum absolute atomic E-state index is 0.0570. The van der Waals surface area contributed by atoms with Crippen molar-refractivity contribution in [1.82, 2.24) is 30.3 Å². The molecule has 0 radical (unpaired) electrons. The standard InChI is InChI=1S/C19H22FN7O2/c1-26-16-7-9-21-27(16)10-8-14(19(26)29-2)22-18(28)17-23-15(24-25-17)11-12-3-5-13(20)6-4-12/h3-7,9,14,19H,8,10-11H2,1-2H3,(H,22,28)(H,23,24,25)/t14-,19?/m0/s1. The second-order valence-corrected chi connectivity index (χ2v) is 6.93. The van der Waals surface area contributed by atoms with Gasteiger partial charge in [0.25, 0.3) is 5.91 Å². The molecule has 9 nitrogen and oxygen atoms in total. The number of nitrogens with one attached hydrogen (secondary N) is 2. The molecule has 0 fully saturated rings. The predicted octanol–water partition coefficient (Wildman–Crippen LogP) is 1.34. The Morgan fingerprint density at radius 1 is 1.34 bits per heavy atom. The lowest BCUT2D eigenvalue weighted by molar-refractivity contribution is 0.0599. The molecule has 2 aromatic heterocycles. The normalized spacial score (nSPS) is 18.9. The maximum absolute atomic E-state index is 13.0. The first-order valence-corrected chi connectivity index (χ1v) is 9.29. The summed E-state index contributed by atoms with van der Waals surface area (Å²) in [4.78, 5) is 18.9. The molecule has 1 aromatic carbocycles. The summed E-state index contributed by atoms with van der Waals surface area (Å²) in [5.74, 6) is 0.832. The zero-order chi connectivity index (χ0) is 20.4. The Bertz CT molecular complexity index is 985. The topological polar surface area (TPSA) is 101 Å². The van der Waals surface area contributed by atoms with Crippen molar-refractivity contribution in [1.29, 1.82) is 0 Å². The van der Waals surface area contributed by atoms with Crippen LogP contribution in [-0.4, -0.2) is 57.3 Å². The van der Waals surface area contributed by atoms with Crippen LogP contribution < -0.4 is 10.2 Å². The molecule has 1 unspecified atom stereocenters. The van der Waals surface area contributed by atoms with E-state index in [0.29, 0.717) is 25.2 Å². The van der Waals surface area contributed by atoms with Crippen LogP contribution in [0.2, 0.25) is 0 Å². The lowest BCUT2D eigenvalue weighted by Crippen LogP contribution is -2.51. The molecule has 0 saturated carbocycles. The summed E-state index contributed by atoms with van der Waals surface area (Å²) in [5, 5.41) is 14.1. The molecule has 152 valence electrons. The molecule has 4 rings (SSSR count). The Hall–Kier alpha value is -3.27. The van der Waals surface area contributed by atoms with Crippen LogP contribution in [0.3, 0.4) is 0 Å². The highest BCUT2D eigenvalue weighted by Gasteiger charge is 2.32. The number of amides is 1. The first-order chi connectivity index (χ1) is 14.0. The average Bonchev–Trinajstić information content (AvgIpc) is 3.35. The van der Waals surface area contributed by atoms with Crippen LogP contribution in [-0.2, 0) is 17.7 Å². The molecule has 2 atom stereocenters. The van der Waals surface area contributed by atoms with E-state index in [1.807, 2.05) is 22.7 Å². The van der Waals surface area contributed by atoms with Crippen LogP contribution in [0.15, 0.2) is 36.5 Å². The number of likely N-dealkylation sites (N-methyl/N-ethyl adjacent to an activating group) is 1. The summed E-state index contributed by atoms with van der Waals surface area (Å²) >= 11 is 0. The van der Waals surface area contributed by atoms with Gasteiger partial charge in [-0.15, -0.1) is 5.10 Å². The molecule has 3 heterocycles. The number of halogens is 1. The Labute approximate surface area is 166 Å². The van der Waals surface area contributed by atoms with Gasteiger partial charge in [0.15, 0.2) is 6.23 Å². The van der Waals surface area contributed by atoms with Crippen molar-refractivity contribution in [2.24, 2.45) is 0 Å². The van der Waals surface area contributed by atoms with Gasteiger partial charge >= 0.3 is 0 Å². The van der Waals surface area contributed by atoms with E-state index in [2.05, 4.69) is 25.6 Å². The van der Waals surface area contributed by atoms with Crippen molar-refractivity contribution in [3.05, 3.63) is 59.6 Å². The zero-order valence-corrected chi connectivity index (χ0v) is 16.2. The quantitative estimate of drug-likeness (QED) is 0.672. The Morgan fingerprint density at radius 3 is 2.90 bits per heavy atom. The average molecular weight is 399 g/mol. The van der Waals surface area contributed by atoms with E-state index in [1.54, 1.807) is 25.4 Å². The first kappa shape index (κ1) is 19.1. The molecule has 10 heteroatoms. The number of methoxy groups -OCH3 is 1. The highest BCUT2D eigenvalue weighted by atomic mass is 19.1. The third-order valence-corrected chi connectivity index (χ3v) is 5.01. The maximum Gasteiger partial charge on any atom is 0.291 e. The number of rotatable bonds is 5. The third kappa shape index (κ3) is 3.97. The highest BCUT2D eigenvalue weighted by Crippen LogP contribution is 2.23. The summed E-state index contributed by atoms with van der Waals surface area (Å²) < 4.78 is 20.6. The van der Waals surface area contributed by atoms with E-state index in [9.17, 15) is 9.18 Å². The number of H-pyrrole nitrogens is 1. The van der Waals surface area contributed by atoms with Crippen LogP contribution in [0.25, 0.3) is 0 Å². The summed E-state index contributed by atoms with van der Waals surface area (Å²) in [5.41, 5.74) is 0.869. The number of fused-ring (bicyclic) bond motifs is 1. The van der Waals surface area contributed by atoms with Gasteiger partial charge in [-0.2, -0.15) is 5.10 Å². The number of nitrogens with zero attached hydrogens (tertiary/aromatic N) is 5. The van der Waals surface area contributed by atoms with E-state index in [0.717, 1.165) is 11.4 Å². The van der Waals surface area contributed by atoms with Crippen LogP contribution in [0.1, 0.15) is 28.4 Å². The van der Waals surface area contributed by atoms with Crippen molar-refractivity contribution in [2.45, 2.75) is 31.7 Å². The molecule has 1 aliphatic heterocycles. The fourth-order valence-corrected chi connectivity index (χ4v) is 3.57. The largest absolute Gasteiger partial charge is 0.359 e. The number of benzene rings is 1. The monoisotopic (exact) mass is 399 g/mol. The fraction of sp³-hybridized carbons (Fsp3) is 0.368. The lowest BCUT2D eigenvalue weighted by Gasteiger charge is -2.32. The van der Waals surface area contributed by atoms with Gasteiger partial charge < -0.3 is 15.0 Å². The Balaban J connectivity index is 1.44. The van der Waals surface area contributed by atoms with E-state index in [1.165, 1.54) is 12.1 Å². The second-order valence-electron chi connectivity index (χ2n) is 6.93. The zero-order valence-electron chi connectivity index (χ0n) is 16.2. The number of aromatic amines is 1. The van der Waals surface area contributed by atoms with Gasteiger partial charge in [0.2, 0.25) is 5.82 Å². The number of hydrogen-bond acceptors (Lipinski definition) is 6. The molecule has 1 amide bonds. The smallest absolute Gasteiger partial charge is 0.291 e. The minimum atomic E-state index is -0.383. The van der Waals surface area contributed by atoms with Gasteiger partial charge in [-0.25, -0.2) is 14.1 Å². The van der Waals surface area contributed by atoms with Gasteiger partial charge in [-0.1, -0.05) is 12.1 Å². The fourth-order valence-electron chi connectivity index (χ4n) is 3.57. The Morgan fingerprint density at radius 2 is 2.14 bits per heavy atom. The van der Waals surface area contributed by atoms with E-state index >= 15 is 0 Å². The second kappa shape index (κ2) is 8.00. The van der Waals surface area contributed by atoms with Crippen LogP contribution in [0, 0.1) is 5.82 Å². The number of hydrogen-bond donors (Lipinski definition) is 2.